The molecule has 0 radical (unpaired) electrons. The summed E-state index contributed by atoms with van der Waals surface area (Å²) in [6, 6.07) is 5.56. The van der Waals surface area contributed by atoms with Gasteiger partial charge in [-0.05, 0) is 36.6 Å². The molecule has 2 unspecified atom stereocenters. The minimum atomic E-state index is -4.68. The monoisotopic (exact) mass is 401 g/mol. The van der Waals surface area contributed by atoms with Crippen LogP contribution in [0.1, 0.15) is 13.3 Å². The lowest BCUT2D eigenvalue weighted by Gasteiger charge is -2.10. The minimum Gasteiger partial charge on any atom is -0.406 e. The Balaban J connectivity index is 0.00000200. The third-order valence-electron chi connectivity index (χ3n) is 2.73. The van der Waals surface area contributed by atoms with Gasteiger partial charge >= 0.3 is 6.36 Å². The van der Waals surface area contributed by atoms with E-state index < -0.39 is 6.36 Å². The Hall–Kier alpha value is -1.19. The maximum atomic E-state index is 12.0. The first-order valence-electron chi connectivity index (χ1n) is 5.79. The lowest BCUT2D eigenvalue weighted by molar-refractivity contribution is -0.274. The number of nitrogens with two attached hydrogens (primary N) is 1. The number of nitrogens with one attached hydrogen (secondary N) is 1. The number of hydrogen-bond donors (Lipinski definition) is 2. The van der Waals surface area contributed by atoms with E-state index in [0.717, 1.165) is 6.42 Å². The van der Waals surface area contributed by atoms with Gasteiger partial charge < -0.3 is 15.8 Å². The normalized spacial score (nSPS) is 21.9. The molecule has 1 fully saturated rings. The van der Waals surface area contributed by atoms with Gasteiger partial charge in [0.15, 0.2) is 5.96 Å². The minimum absolute atomic E-state index is 0. The van der Waals surface area contributed by atoms with Gasteiger partial charge in [-0.15, -0.1) is 37.1 Å². The summed E-state index contributed by atoms with van der Waals surface area (Å²) in [7, 11) is 0. The SMILES string of the molecule is CC1CC1N=C(N)Nc1ccc(OC(F)(F)F)cc1.I. The highest BCUT2D eigenvalue weighted by atomic mass is 127. The molecular weight excluding hydrogens is 386 g/mol. The molecule has 3 N–H and O–H groups in total. The van der Waals surface area contributed by atoms with Gasteiger partial charge in [-0.25, -0.2) is 4.99 Å². The van der Waals surface area contributed by atoms with Crippen molar-refractivity contribution in [3.63, 3.8) is 0 Å². The third kappa shape index (κ3) is 5.43. The maximum Gasteiger partial charge on any atom is 0.573 e. The molecule has 4 nitrogen and oxygen atoms in total. The summed E-state index contributed by atoms with van der Waals surface area (Å²) in [6.45, 7) is 2.07. The van der Waals surface area contributed by atoms with Crippen LogP contribution in [0.3, 0.4) is 0 Å². The number of nitrogens with zero attached hydrogens (tertiary/aromatic N) is 1. The average Bonchev–Trinajstić information content (AvgIpc) is 2.95. The van der Waals surface area contributed by atoms with Crippen LogP contribution < -0.4 is 15.8 Å². The molecule has 0 aromatic heterocycles. The van der Waals surface area contributed by atoms with E-state index in [1.165, 1.54) is 24.3 Å². The van der Waals surface area contributed by atoms with Crippen molar-refractivity contribution in [3.8, 4) is 5.75 Å². The number of benzene rings is 1. The molecule has 1 aliphatic carbocycles. The molecule has 20 heavy (non-hydrogen) atoms. The van der Waals surface area contributed by atoms with Gasteiger partial charge in [-0.2, -0.15) is 0 Å². The topological polar surface area (TPSA) is 59.6 Å². The Labute approximate surface area is 131 Å². The van der Waals surface area contributed by atoms with Crippen LogP contribution in [-0.4, -0.2) is 18.4 Å². The predicted molar refractivity (Wildman–Crippen MR) is 81.4 cm³/mol. The van der Waals surface area contributed by atoms with Crippen LogP contribution in [0.2, 0.25) is 0 Å². The lowest BCUT2D eigenvalue weighted by Crippen LogP contribution is -2.23. The van der Waals surface area contributed by atoms with Crippen LogP contribution in [-0.2, 0) is 0 Å². The fraction of sp³-hybridized carbons (Fsp3) is 0.417. The number of aliphatic imine (C=N–C) groups is 1. The van der Waals surface area contributed by atoms with Crippen molar-refractivity contribution in [1.29, 1.82) is 0 Å². The van der Waals surface area contributed by atoms with Crippen molar-refractivity contribution in [2.45, 2.75) is 25.7 Å². The second-order valence-corrected chi connectivity index (χ2v) is 4.49. The van der Waals surface area contributed by atoms with Crippen LogP contribution in [0.4, 0.5) is 18.9 Å². The quantitative estimate of drug-likeness (QED) is 0.464. The zero-order valence-electron chi connectivity index (χ0n) is 10.6. The first-order chi connectivity index (χ1) is 8.83. The highest BCUT2D eigenvalue weighted by Crippen LogP contribution is 2.32. The van der Waals surface area contributed by atoms with E-state index in [2.05, 4.69) is 22.0 Å². The van der Waals surface area contributed by atoms with Crippen molar-refractivity contribution >= 4 is 35.6 Å². The lowest BCUT2D eigenvalue weighted by atomic mass is 10.3. The first kappa shape index (κ1) is 16.9. The molecule has 2 rings (SSSR count). The zero-order valence-corrected chi connectivity index (χ0v) is 13.0. The van der Waals surface area contributed by atoms with E-state index in [1.54, 1.807) is 0 Å². The zero-order chi connectivity index (χ0) is 14.0. The van der Waals surface area contributed by atoms with Crippen LogP contribution >= 0.6 is 24.0 Å². The maximum absolute atomic E-state index is 12.0. The molecule has 1 aromatic carbocycles. The molecule has 0 spiro atoms. The highest BCUT2D eigenvalue weighted by molar-refractivity contribution is 14.0. The van der Waals surface area contributed by atoms with E-state index in [-0.39, 0.29) is 41.7 Å². The van der Waals surface area contributed by atoms with Crippen molar-refractivity contribution in [2.24, 2.45) is 16.6 Å². The Morgan fingerprint density at radius 3 is 2.35 bits per heavy atom. The number of hydrogen-bond acceptors (Lipinski definition) is 2. The largest absolute Gasteiger partial charge is 0.573 e. The predicted octanol–water partition coefficient (Wildman–Crippen LogP) is 3.34. The van der Waals surface area contributed by atoms with E-state index in [0.29, 0.717) is 11.6 Å². The van der Waals surface area contributed by atoms with Crippen LogP contribution in [0.15, 0.2) is 29.3 Å². The summed E-state index contributed by atoms with van der Waals surface area (Å²) < 4.78 is 39.6. The van der Waals surface area contributed by atoms with Crippen LogP contribution in [0, 0.1) is 5.92 Å². The molecule has 112 valence electrons. The van der Waals surface area contributed by atoms with Crippen molar-refractivity contribution in [2.75, 3.05) is 5.32 Å². The smallest absolute Gasteiger partial charge is 0.406 e. The highest BCUT2D eigenvalue weighted by Gasteiger charge is 2.32. The van der Waals surface area contributed by atoms with Crippen molar-refractivity contribution in [3.05, 3.63) is 24.3 Å². The second-order valence-electron chi connectivity index (χ2n) is 4.49. The van der Waals surface area contributed by atoms with E-state index in [1.807, 2.05) is 0 Å². The van der Waals surface area contributed by atoms with Gasteiger partial charge in [0, 0.05) is 5.69 Å². The third-order valence-corrected chi connectivity index (χ3v) is 2.73. The molecule has 8 heteroatoms. The number of guanidine groups is 1. The van der Waals surface area contributed by atoms with E-state index in [4.69, 9.17) is 5.73 Å². The number of halogens is 4. The Bertz CT molecular complexity index is 476. The molecular formula is C12H15F3IN3O. The fourth-order valence-corrected chi connectivity index (χ4v) is 1.58. The summed E-state index contributed by atoms with van der Waals surface area (Å²) in [5.41, 5.74) is 6.24. The van der Waals surface area contributed by atoms with Gasteiger partial charge in [-0.3, -0.25) is 0 Å². The number of alkyl halides is 3. The van der Waals surface area contributed by atoms with Gasteiger partial charge in [0.1, 0.15) is 5.75 Å². The molecule has 1 aliphatic rings. The Morgan fingerprint density at radius 2 is 1.90 bits per heavy atom. The molecule has 1 saturated carbocycles. The van der Waals surface area contributed by atoms with Crippen molar-refractivity contribution < 1.29 is 17.9 Å². The number of anilines is 1. The molecule has 0 aliphatic heterocycles. The average molecular weight is 401 g/mol. The van der Waals surface area contributed by atoms with Gasteiger partial charge in [-0.1, -0.05) is 6.92 Å². The number of ether oxygens (including phenoxy) is 1. The van der Waals surface area contributed by atoms with Gasteiger partial charge in [0.2, 0.25) is 0 Å². The van der Waals surface area contributed by atoms with E-state index in [9.17, 15) is 13.2 Å². The van der Waals surface area contributed by atoms with Crippen LogP contribution in [0.5, 0.6) is 5.75 Å². The molecule has 0 amide bonds. The Morgan fingerprint density at radius 1 is 1.35 bits per heavy atom. The summed E-state index contributed by atoms with van der Waals surface area (Å²) >= 11 is 0. The Kier molecular flexibility index (Phi) is 5.49. The van der Waals surface area contributed by atoms with Crippen molar-refractivity contribution in [1.82, 2.24) is 0 Å². The second kappa shape index (κ2) is 6.51. The molecule has 0 heterocycles. The van der Waals surface area contributed by atoms with Gasteiger partial charge in [0.05, 0.1) is 6.04 Å². The summed E-state index contributed by atoms with van der Waals surface area (Å²) in [4.78, 5) is 4.22. The van der Waals surface area contributed by atoms with Gasteiger partial charge in [0.25, 0.3) is 0 Å². The summed E-state index contributed by atoms with van der Waals surface area (Å²) in [5.74, 6) is 0.533. The molecule has 0 bridgehead atoms. The number of rotatable bonds is 3. The molecule has 0 saturated heterocycles. The first-order valence-corrected chi connectivity index (χ1v) is 5.79. The molecule has 1 aromatic rings. The summed E-state index contributed by atoms with van der Waals surface area (Å²) in [6.07, 6.45) is -3.67. The van der Waals surface area contributed by atoms with Crippen LogP contribution in [0.25, 0.3) is 0 Å². The summed E-state index contributed by atoms with van der Waals surface area (Å²) in [5, 5.41) is 2.81. The standard InChI is InChI=1S/C12H14F3N3O.HI/c1-7-6-10(7)18-11(16)17-8-2-4-9(5-3-8)19-12(13,14)15;/h2-5,7,10H,6H2,1H3,(H3,16,17,18);1H. The van der Waals surface area contributed by atoms with E-state index >= 15 is 0 Å². The fourth-order valence-electron chi connectivity index (χ4n) is 1.58. The molecule has 2 atom stereocenters.